The zero-order valence-corrected chi connectivity index (χ0v) is 25.2. The summed E-state index contributed by atoms with van der Waals surface area (Å²) in [7, 11) is -3.82. The van der Waals surface area contributed by atoms with Gasteiger partial charge in [-0.15, -0.1) is 0 Å². The molecule has 0 bridgehead atoms. The van der Waals surface area contributed by atoms with Crippen LogP contribution in [0.25, 0.3) is 0 Å². The maximum Gasteiger partial charge on any atom is 0.244 e. The topological polar surface area (TPSA) is 86.8 Å². The summed E-state index contributed by atoms with van der Waals surface area (Å²) in [5.74, 6) is -0.751. The van der Waals surface area contributed by atoms with E-state index < -0.39 is 28.5 Å². The zero-order chi connectivity index (χ0) is 28.6. The molecule has 0 aromatic heterocycles. The van der Waals surface area contributed by atoms with E-state index in [1.807, 2.05) is 75.4 Å². The van der Waals surface area contributed by atoms with E-state index in [9.17, 15) is 18.0 Å². The van der Waals surface area contributed by atoms with Crippen LogP contribution in [0.2, 0.25) is 0 Å². The predicted octanol–water partition coefficient (Wildman–Crippen LogP) is 5.08. The molecule has 0 fully saturated rings. The molecule has 1 N–H and O–H groups in total. The van der Waals surface area contributed by atoms with Crippen LogP contribution in [0.15, 0.2) is 83.3 Å². The second kappa shape index (κ2) is 13.8. The third-order valence-electron chi connectivity index (χ3n) is 6.51. The number of nitrogens with one attached hydrogen (secondary N) is 1. The normalized spacial score (nSPS) is 12.8. The number of carbonyl (C=O) groups is 2. The highest BCUT2D eigenvalue weighted by molar-refractivity contribution is 9.10. The first-order chi connectivity index (χ1) is 18.5. The lowest BCUT2D eigenvalue weighted by Crippen LogP contribution is -2.54. The molecule has 39 heavy (non-hydrogen) atoms. The molecule has 2 amide bonds. The van der Waals surface area contributed by atoms with E-state index >= 15 is 0 Å². The Labute approximate surface area is 240 Å². The van der Waals surface area contributed by atoms with Crippen molar-refractivity contribution >= 4 is 43.5 Å². The first-order valence-electron chi connectivity index (χ1n) is 12.9. The molecule has 3 rings (SSSR count). The van der Waals surface area contributed by atoms with Crippen molar-refractivity contribution < 1.29 is 18.0 Å². The van der Waals surface area contributed by atoms with Crippen molar-refractivity contribution in [3.63, 3.8) is 0 Å². The largest absolute Gasteiger partial charge is 0.352 e. The lowest BCUT2D eigenvalue weighted by molar-refractivity contribution is -0.140. The van der Waals surface area contributed by atoms with Crippen LogP contribution in [-0.4, -0.2) is 50.0 Å². The van der Waals surface area contributed by atoms with E-state index in [0.717, 1.165) is 33.7 Å². The summed E-state index contributed by atoms with van der Waals surface area (Å²) >= 11 is 3.41. The third-order valence-corrected chi connectivity index (χ3v) is 8.30. The molecule has 0 aliphatic rings. The van der Waals surface area contributed by atoms with Crippen molar-refractivity contribution in [2.45, 2.75) is 52.2 Å². The maximum atomic E-state index is 14.1. The summed E-state index contributed by atoms with van der Waals surface area (Å²) in [6.07, 6.45) is 2.09. The highest BCUT2D eigenvalue weighted by atomic mass is 79.9. The molecule has 0 aliphatic heterocycles. The average molecular weight is 615 g/mol. The number of anilines is 1. The van der Waals surface area contributed by atoms with E-state index in [1.165, 1.54) is 4.90 Å². The number of benzene rings is 3. The summed E-state index contributed by atoms with van der Waals surface area (Å²) in [6.45, 7) is 5.57. The van der Waals surface area contributed by atoms with Crippen LogP contribution in [0.1, 0.15) is 37.0 Å². The first-order valence-corrected chi connectivity index (χ1v) is 15.5. The minimum absolute atomic E-state index is 0.0838. The second-order valence-electron chi connectivity index (χ2n) is 9.76. The van der Waals surface area contributed by atoms with Gasteiger partial charge in [0.25, 0.3) is 0 Å². The predicted molar refractivity (Wildman–Crippen MR) is 160 cm³/mol. The van der Waals surface area contributed by atoms with E-state index in [-0.39, 0.29) is 24.9 Å². The smallest absolute Gasteiger partial charge is 0.244 e. The standard InChI is InChI=1S/C30H36BrN3O4S/c1-5-23(3)32-30(36)28(19-24-13-7-6-8-14-24)33(20-25-15-11-12-22(2)18-25)29(35)21-34(39(4,37)38)27-17-10-9-16-26(27)31/h6-18,23,28H,5,19-21H2,1-4H3,(H,32,36)/t23-,28-/m0/s1. The Balaban J connectivity index is 2.07. The highest BCUT2D eigenvalue weighted by Gasteiger charge is 2.33. The van der Waals surface area contributed by atoms with Gasteiger partial charge in [0.15, 0.2) is 0 Å². The molecule has 9 heteroatoms. The monoisotopic (exact) mass is 613 g/mol. The fourth-order valence-electron chi connectivity index (χ4n) is 4.25. The Hall–Kier alpha value is -3.17. The van der Waals surface area contributed by atoms with Crippen LogP contribution in [-0.2, 0) is 32.6 Å². The molecule has 0 saturated heterocycles. The lowest BCUT2D eigenvalue weighted by atomic mass is 10.0. The number of hydrogen-bond acceptors (Lipinski definition) is 4. The molecule has 2 atom stereocenters. The number of amides is 2. The number of carbonyl (C=O) groups excluding carboxylic acids is 2. The van der Waals surface area contributed by atoms with Crippen LogP contribution in [0.3, 0.4) is 0 Å². The number of nitrogens with zero attached hydrogens (tertiary/aromatic N) is 2. The summed E-state index contributed by atoms with van der Waals surface area (Å²) in [5, 5.41) is 3.03. The number of halogens is 1. The zero-order valence-electron chi connectivity index (χ0n) is 22.8. The van der Waals surface area contributed by atoms with Gasteiger partial charge in [0.1, 0.15) is 12.6 Å². The number of hydrogen-bond donors (Lipinski definition) is 1. The molecule has 0 radical (unpaired) electrons. The third kappa shape index (κ3) is 8.66. The van der Waals surface area contributed by atoms with Gasteiger partial charge in [-0.1, -0.05) is 79.2 Å². The number of para-hydroxylation sites is 1. The Kier molecular flexibility index (Phi) is 10.7. The van der Waals surface area contributed by atoms with Crippen LogP contribution < -0.4 is 9.62 Å². The Bertz CT molecular complexity index is 1380. The SMILES string of the molecule is CC[C@H](C)NC(=O)[C@H](Cc1ccccc1)N(Cc1cccc(C)c1)C(=O)CN(c1ccccc1Br)S(C)(=O)=O. The summed E-state index contributed by atoms with van der Waals surface area (Å²) in [5.41, 5.74) is 3.13. The highest BCUT2D eigenvalue weighted by Crippen LogP contribution is 2.28. The van der Waals surface area contributed by atoms with E-state index in [0.29, 0.717) is 10.2 Å². The summed E-state index contributed by atoms with van der Waals surface area (Å²) in [6, 6.07) is 23.2. The molecule has 3 aromatic carbocycles. The number of aryl methyl sites for hydroxylation is 1. The molecule has 7 nitrogen and oxygen atoms in total. The van der Waals surface area contributed by atoms with Gasteiger partial charge in [0.05, 0.1) is 11.9 Å². The minimum atomic E-state index is -3.82. The lowest BCUT2D eigenvalue weighted by Gasteiger charge is -2.34. The molecule has 3 aromatic rings. The molecule has 208 valence electrons. The minimum Gasteiger partial charge on any atom is -0.352 e. The molecular formula is C30H36BrN3O4S. The maximum absolute atomic E-state index is 14.1. The fraction of sp³-hybridized carbons (Fsp3) is 0.333. The van der Waals surface area contributed by atoms with E-state index in [2.05, 4.69) is 21.2 Å². The van der Waals surface area contributed by atoms with Crippen molar-refractivity contribution in [1.29, 1.82) is 0 Å². The molecule has 0 spiro atoms. The van der Waals surface area contributed by atoms with Crippen molar-refractivity contribution in [2.75, 3.05) is 17.1 Å². The molecule has 0 saturated carbocycles. The van der Waals surface area contributed by atoms with Gasteiger partial charge in [-0.3, -0.25) is 13.9 Å². The van der Waals surface area contributed by atoms with Gasteiger partial charge in [-0.25, -0.2) is 8.42 Å². The number of sulfonamides is 1. The van der Waals surface area contributed by atoms with Gasteiger partial charge < -0.3 is 10.2 Å². The van der Waals surface area contributed by atoms with Crippen molar-refractivity contribution in [3.05, 3.63) is 100 Å². The van der Waals surface area contributed by atoms with Crippen LogP contribution >= 0.6 is 15.9 Å². The van der Waals surface area contributed by atoms with E-state index in [4.69, 9.17) is 0 Å². The van der Waals surface area contributed by atoms with Crippen molar-refractivity contribution in [1.82, 2.24) is 10.2 Å². The molecule has 0 aliphatic carbocycles. The molecule has 0 unspecified atom stereocenters. The Morgan fingerprint density at radius 3 is 2.21 bits per heavy atom. The van der Waals surface area contributed by atoms with Gasteiger partial charge in [-0.05, 0) is 59.5 Å². The fourth-order valence-corrected chi connectivity index (χ4v) is 5.73. The first kappa shape index (κ1) is 30.4. The van der Waals surface area contributed by atoms with Crippen LogP contribution in [0, 0.1) is 6.92 Å². The van der Waals surface area contributed by atoms with E-state index in [1.54, 1.807) is 24.3 Å². The quantitative estimate of drug-likeness (QED) is 0.309. The van der Waals surface area contributed by atoms with Gasteiger partial charge >= 0.3 is 0 Å². The van der Waals surface area contributed by atoms with Gasteiger partial charge in [-0.2, -0.15) is 0 Å². The average Bonchev–Trinajstić information content (AvgIpc) is 2.89. The van der Waals surface area contributed by atoms with Gasteiger partial charge in [0, 0.05) is 23.5 Å². The summed E-state index contributed by atoms with van der Waals surface area (Å²) in [4.78, 5) is 29.3. The Morgan fingerprint density at radius 1 is 0.949 bits per heavy atom. The second-order valence-corrected chi connectivity index (χ2v) is 12.5. The van der Waals surface area contributed by atoms with Crippen molar-refractivity contribution in [2.24, 2.45) is 0 Å². The van der Waals surface area contributed by atoms with Crippen molar-refractivity contribution in [3.8, 4) is 0 Å². The summed E-state index contributed by atoms with van der Waals surface area (Å²) < 4.78 is 27.4. The number of rotatable bonds is 12. The van der Waals surface area contributed by atoms with Crippen LogP contribution in [0.5, 0.6) is 0 Å². The molecule has 0 heterocycles. The Morgan fingerprint density at radius 2 is 1.59 bits per heavy atom. The van der Waals surface area contributed by atoms with Crippen LogP contribution in [0.4, 0.5) is 5.69 Å². The molecular weight excluding hydrogens is 578 g/mol. The van der Waals surface area contributed by atoms with Gasteiger partial charge in [0.2, 0.25) is 21.8 Å².